The molecule has 0 amide bonds. The van der Waals surface area contributed by atoms with E-state index in [9.17, 15) is 4.39 Å². The zero-order valence-corrected chi connectivity index (χ0v) is 8.73. The lowest BCUT2D eigenvalue weighted by Gasteiger charge is -2.39. The van der Waals surface area contributed by atoms with Crippen molar-refractivity contribution in [2.45, 2.75) is 53.1 Å². The van der Waals surface area contributed by atoms with Crippen molar-refractivity contribution in [3.63, 3.8) is 0 Å². The maximum Gasteiger partial charge on any atom is 0.100 e. The average molecular weight is 172 g/mol. The highest BCUT2D eigenvalue weighted by atomic mass is 19.1. The Hall–Kier alpha value is -0.0700. The summed E-state index contributed by atoms with van der Waals surface area (Å²) >= 11 is 0. The summed E-state index contributed by atoms with van der Waals surface area (Å²) in [5, 5.41) is 0. The Balaban J connectivity index is 2.57. The molecule has 1 saturated carbocycles. The van der Waals surface area contributed by atoms with Crippen molar-refractivity contribution in [1.82, 2.24) is 0 Å². The molecule has 0 bridgehead atoms. The zero-order valence-electron chi connectivity index (χ0n) is 8.73. The maximum absolute atomic E-state index is 13.0. The van der Waals surface area contributed by atoms with Crippen molar-refractivity contribution in [2.24, 2.45) is 17.3 Å². The maximum atomic E-state index is 13.0. The van der Waals surface area contributed by atoms with Crippen LogP contribution < -0.4 is 0 Å². The van der Waals surface area contributed by atoms with Crippen molar-refractivity contribution in [3.05, 3.63) is 0 Å². The second-order valence-electron chi connectivity index (χ2n) is 5.36. The van der Waals surface area contributed by atoms with Crippen LogP contribution in [-0.2, 0) is 0 Å². The van der Waals surface area contributed by atoms with Gasteiger partial charge in [0.25, 0.3) is 0 Å². The molecule has 0 aromatic carbocycles. The second kappa shape index (κ2) is 3.35. The van der Waals surface area contributed by atoms with E-state index in [4.69, 9.17) is 0 Å². The minimum Gasteiger partial charge on any atom is -0.247 e. The molecular formula is C11H21F. The van der Waals surface area contributed by atoms with E-state index in [0.717, 1.165) is 19.3 Å². The third-order valence-electron chi connectivity index (χ3n) is 3.22. The molecule has 1 aliphatic rings. The van der Waals surface area contributed by atoms with Gasteiger partial charge in [-0.15, -0.1) is 0 Å². The summed E-state index contributed by atoms with van der Waals surface area (Å²) in [6.07, 6.45) is 2.11. The van der Waals surface area contributed by atoms with Gasteiger partial charge in [-0.3, -0.25) is 0 Å². The van der Waals surface area contributed by atoms with Gasteiger partial charge in [-0.1, -0.05) is 27.7 Å². The SMILES string of the molecule is CC1CC(F)CCC1C(C)(C)C. The van der Waals surface area contributed by atoms with E-state index in [0.29, 0.717) is 17.3 Å². The number of hydrogen-bond acceptors (Lipinski definition) is 0. The molecule has 0 radical (unpaired) electrons. The highest BCUT2D eigenvalue weighted by molar-refractivity contribution is 4.84. The van der Waals surface area contributed by atoms with Gasteiger partial charge in [-0.2, -0.15) is 0 Å². The van der Waals surface area contributed by atoms with Gasteiger partial charge in [0, 0.05) is 0 Å². The first-order chi connectivity index (χ1) is 5.41. The molecule has 1 fully saturated rings. The Kier molecular flexibility index (Phi) is 2.80. The third-order valence-corrected chi connectivity index (χ3v) is 3.22. The average Bonchev–Trinajstić information content (AvgIpc) is 1.83. The van der Waals surface area contributed by atoms with Gasteiger partial charge in [0.15, 0.2) is 0 Å². The van der Waals surface area contributed by atoms with Crippen LogP contribution in [0.2, 0.25) is 0 Å². The third kappa shape index (κ3) is 2.21. The van der Waals surface area contributed by atoms with E-state index in [-0.39, 0.29) is 0 Å². The highest BCUT2D eigenvalue weighted by Gasteiger charge is 2.34. The molecule has 0 nitrogen and oxygen atoms in total. The summed E-state index contributed by atoms with van der Waals surface area (Å²) in [6.45, 7) is 9.01. The lowest BCUT2D eigenvalue weighted by molar-refractivity contribution is 0.0737. The van der Waals surface area contributed by atoms with Crippen LogP contribution in [0, 0.1) is 17.3 Å². The van der Waals surface area contributed by atoms with E-state index in [1.807, 2.05) is 0 Å². The van der Waals surface area contributed by atoms with Crippen LogP contribution in [0.4, 0.5) is 4.39 Å². The minimum atomic E-state index is -0.529. The Bertz CT molecular complexity index is 146. The van der Waals surface area contributed by atoms with Gasteiger partial charge in [-0.05, 0) is 36.5 Å². The first-order valence-electron chi connectivity index (χ1n) is 5.05. The van der Waals surface area contributed by atoms with Crippen LogP contribution in [0.5, 0.6) is 0 Å². The predicted octanol–water partition coefficient (Wildman–Crippen LogP) is 3.81. The van der Waals surface area contributed by atoms with Gasteiger partial charge >= 0.3 is 0 Å². The molecule has 0 aliphatic heterocycles. The Labute approximate surface area is 75.5 Å². The minimum absolute atomic E-state index is 0.361. The molecule has 0 N–H and O–H groups in total. The Morgan fingerprint density at radius 1 is 1.17 bits per heavy atom. The van der Waals surface area contributed by atoms with E-state index in [2.05, 4.69) is 27.7 Å². The standard InChI is InChI=1S/C11H21F/c1-8-7-9(12)5-6-10(8)11(2,3)4/h8-10H,5-7H2,1-4H3. The van der Waals surface area contributed by atoms with E-state index >= 15 is 0 Å². The molecule has 1 heteroatoms. The van der Waals surface area contributed by atoms with Crippen molar-refractivity contribution >= 4 is 0 Å². The fourth-order valence-corrected chi connectivity index (χ4v) is 2.62. The summed E-state index contributed by atoms with van der Waals surface area (Å²) in [4.78, 5) is 0. The molecule has 3 atom stereocenters. The van der Waals surface area contributed by atoms with Crippen molar-refractivity contribution in [2.75, 3.05) is 0 Å². The lowest BCUT2D eigenvalue weighted by Crippen LogP contribution is -2.32. The number of rotatable bonds is 0. The molecule has 1 rings (SSSR count). The molecule has 0 heterocycles. The number of halogens is 1. The fourth-order valence-electron chi connectivity index (χ4n) is 2.62. The second-order valence-corrected chi connectivity index (χ2v) is 5.36. The smallest absolute Gasteiger partial charge is 0.100 e. The molecule has 0 spiro atoms. The van der Waals surface area contributed by atoms with Gasteiger partial charge in [-0.25, -0.2) is 4.39 Å². The summed E-state index contributed by atoms with van der Waals surface area (Å²) in [5.41, 5.74) is 0.361. The summed E-state index contributed by atoms with van der Waals surface area (Å²) in [7, 11) is 0. The van der Waals surface area contributed by atoms with Crippen LogP contribution >= 0.6 is 0 Å². The van der Waals surface area contributed by atoms with Gasteiger partial charge in [0.1, 0.15) is 6.17 Å². The largest absolute Gasteiger partial charge is 0.247 e. The van der Waals surface area contributed by atoms with Crippen LogP contribution in [0.1, 0.15) is 47.0 Å². The number of alkyl halides is 1. The Morgan fingerprint density at radius 2 is 1.75 bits per heavy atom. The highest BCUT2D eigenvalue weighted by Crippen LogP contribution is 2.42. The molecule has 1 aliphatic carbocycles. The normalized spacial score (nSPS) is 38.2. The predicted molar refractivity (Wildman–Crippen MR) is 50.9 cm³/mol. The van der Waals surface area contributed by atoms with Gasteiger partial charge in [0.2, 0.25) is 0 Å². The Morgan fingerprint density at radius 3 is 2.17 bits per heavy atom. The van der Waals surface area contributed by atoms with Gasteiger partial charge in [0.05, 0.1) is 0 Å². The first-order valence-corrected chi connectivity index (χ1v) is 5.05. The van der Waals surface area contributed by atoms with Crippen LogP contribution in [0.3, 0.4) is 0 Å². The van der Waals surface area contributed by atoms with Crippen molar-refractivity contribution < 1.29 is 4.39 Å². The fraction of sp³-hybridized carbons (Fsp3) is 1.00. The first kappa shape index (κ1) is 10.0. The quantitative estimate of drug-likeness (QED) is 0.521. The monoisotopic (exact) mass is 172 g/mol. The van der Waals surface area contributed by atoms with Crippen LogP contribution in [0.15, 0.2) is 0 Å². The van der Waals surface area contributed by atoms with Gasteiger partial charge < -0.3 is 0 Å². The van der Waals surface area contributed by atoms with Crippen LogP contribution in [0.25, 0.3) is 0 Å². The summed E-state index contributed by atoms with van der Waals surface area (Å²) < 4.78 is 13.0. The van der Waals surface area contributed by atoms with Crippen molar-refractivity contribution in [3.8, 4) is 0 Å². The molecular weight excluding hydrogens is 151 g/mol. The molecule has 72 valence electrons. The van der Waals surface area contributed by atoms with E-state index in [1.165, 1.54) is 0 Å². The number of hydrogen-bond donors (Lipinski definition) is 0. The lowest BCUT2D eigenvalue weighted by atomic mass is 9.67. The molecule has 0 saturated heterocycles. The van der Waals surface area contributed by atoms with Crippen molar-refractivity contribution in [1.29, 1.82) is 0 Å². The van der Waals surface area contributed by atoms with Crippen LogP contribution in [-0.4, -0.2) is 6.17 Å². The van der Waals surface area contributed by atoms with E-state index in [1.54, 1.807) is 0 Å². The molecule has 12 heavy (non-hydrogen) atoms. The topological polar surface area (TPSA) is 0 Å². The molecule has 0 aromatic heterocycles. The zero-order chi connectivity index (χ0) is 9.35. The summed E-state index contributed by atoms with van der Waals surface area (Å²) in [5.74, 6) is 1.28. The van der Waals surface area contributed by atoms with E-state index < -0.39 is 6.17 Å². The molecule has 0 aromatic rings. The molecule has 3 unspecified atom stereocenters. The summed E-state index contributed by atoms with van der Waals surface area (Å²) in [6, 6.07) is 0.